The molecule has 1 aromatic heterocycles. The molecule has 0 aliphatic carbocycles. The van der Waals surface area contributed by atoms with Crippen LogP contribution in [0.5, 0.6) is 0 Å². The number of ether oxygens (including phenoxy) is 5. The standard InChI is InChI=1S/C43H65N7O9/c1-12-34-43(8)37(50(41(54)59-43)19-14-13-18-49-24-32(46-47-49)30-16-15-17-31(44)21-30)29(6)45-23-25(2)22-42(7,55-11)38(27(4)35(51)28(5)39(53)57-34)58-40-36(52)33(48(9)10)20-26(3)56-40/h15-17,21,24-29,33-34,36-38,40,45,52H,12,18-20,22-23,44H2,1-11H3/t25-,26?,27+,28-,29-,33?,34-,36?,37-,38-,40+,42-,43-/m1/s1. The fourth-order valence-corrected chi connectivity index (χ4v) is 9.08. The van der Waals surface area contributed by atoms with Crippen molar-refractivity contribution in [2.24, 2.45) is 17.8 Å². The van der Waals surface area contributed by atoms with E-state index >= 15 is 0 Å². The SMILES string of the molecule is CC[C@H]1OC(=O)[C@H](C)C(=O)[C@H](C)[C@@H](O[C@@H]2OC(C)CC(N(C)C)C2O)[C@](C)(OC)C[C@@H](C)CN[C@H](C)[C@H]2N(CC#CCn3cc(-c4cccc(N)c4)nn3)C(=O)O[C@]12C. The molecular formula is C43H65N7O9. The number of amides is 1. The number of carbonyl (C=O) groups is 3. The Labute approximate surface area is 348 Å². The number of esters is 1. The van der Waals surface area contributed by atoms with Crippen LogP contribution in [-0.2, 0) is 39.8 Å². The van der Waals surface area contributed by atoms with Crippen molar-refractivity contribution in [2.75, 3.05) is 40.0 Å². The monoisotopic (exact) mass is 823 g/mol. The number of cyclic esters (lactones) is 1. The lowest BCUT2D eigenvalue weighted by atomic mass is 9.78. The van der Waals surface area contributed by atoms with E-state index in [4.69, 9.17) is 29.4 Å². The number of hydrogen-bond donors (Lipinski definition) is 3. The first-order valence-electron chi connectivity index (χ1n) is 20.7. The van der Waals surface area contributed by atoms with Gasteiger partial charge in [-0.25, -0.2) is 9.48 Å². The molecule has 3 aliphatic rings. The van der Waals surface area contributed by atoms with Gasteiger partial charge in [0, 0.05) is 36.4 Å². The number of fused-ring (bicyclic) bond motifs is 1. The lowest BCUT2D eigenvalue weighted by molar-refractivity contribution is -0.295. The van der Waals surface area contributed by atoms with Crippen LogP contribution < -0.4 is 11.1 Å². The number of aromatic nitrogens is 3. The van der Waals surface area contributed by atoms with Crippen LogP contribution in [0.2, 0.25) is 0 Å². The zero-order valence-electron chi connectivity index (χ0n) is 36.5. The highest BCUT2D eigenvalue weighted by molar-refractivity contribution is 6.00. The maximum atomic E-state index is 14.4. The van der Waals surface area contributed by atoms with Gasteiger partial charge in [0.1, 0.15) is 30.4 Å². The molecule has 16 nitrogen and oxygen atoms in total. The van der Waals surface area contributed by atoms with Crippen molar-refractivity contribution in [3.8, 4) is 23.1 Å². The molecule has 3 fully saturated rings. The van der Waals surface area contributed by atoms with Gasteiger partial charge in [0.05, 0.1) is 36.6 Å². The first-order valence-corrected chi connectivity index (χ1v) is 20.7. The van der Waals surface area contributed by atoms with Crippen molar-refractivity contribution < 1.29 is 43.2 Å². The molecule has 0 radical (unpaired) electrons. The third-order valence-electron chi connectivity index (χ3n) is 12.4. The predicted molar refractivity (Wildman–Crippen MR) is 220 cm³/mol. The van der Waals surface area contributed by atoms with Crippen molar-refractivity contribution in [1.29, 1.82) is 0 Å². The smallest absolute Gasteiger partial charge is 0.411 e. The number of benzene rings is 1. The minimum atomic E-state index is -1.30. The van der Waals surface area contributed by atoms with Gasteiger partial charge in [-0.05, 0) is 92.6 Å². The number of anilines is 1. The van der Waals surface area contributed by atoms with E-state index in [1.165, 1.54) is 6.92 Å². The summed E-state index contributed by atoms with van der Waals surface area (Å²) in [6, 6.07) is 6.15. The molecule has 16 heteroatoms. The Hall–Kier alpha value is -4.11. The van der Waals surface area contributed by atoms with E-state index < -0.39 is 71.5 Å². The molecule has 0 saturated carbocycles. The first kappa shape index (κ1) is 46.0. The van der Waals surface area contributed by atoms with E-state index in [0.29, 0.717) is 37.2 Å². The van der Waals surface area contributed by atoms with Gasteiger partial charge in [0.2, 0.25) is 0 Å². The topological polar surface area (TPSA) is 193 Å². The molecule has 326 valence electrons. The quantitative estimate of drug-likeness (QED) is 0.152. The molecule has 4 heterocycles. The van der Waals surface area contributed by atoms with Gasteiger partial charge < -0.3 is 44.7 Å². The van der Waals surface area contributed by atoms with Crippen LogP contribution in [-0.4, -0.2) is 142 Å². The zero-order chi connectivity index (χ0) is 43.4. The first-order chi connectivity index (χ1) is 27.8. The van der Waals surface area contributed by atoms with Crippen LogP contribution in [0.3, 0.4) is 0 Å². The third-order valence-corrected chi connectivity index (χ3v) is 12.4. The van der Waals surface area contributed by atoms with Crippen molar-refractivity contribution in [1.82, 2.24) is 30.1 Å². The Kier molecular flexibility index (Phi) is 14.9. The second kappa shape index (κ2) is 19.1. The van der Waals surface area contributed by atoms with Gasteiger partial charge in [-0.3, -0.25) is 14.5 Å². The van der Waals surface area contributed by atoms with Crippen LogP contribution in [0, 0.1) is 29.6 Å². The molecule has 1 aromatic carbocycles. The van der Waals surface area contributed by atoms with Crippen LogP contribution >= 0.6 is 0 Å². The number of likely N-dealkylation sites (N-methyl/N-ethyl adjacent to an activating group) is 1. The average Bonchev–Trinajstić information content (AvgIpc) is 3.77. The van der Waals surface area contributed by atoms with E-state index in [1.807, 2.05) is 64.9 Å². The molecule has 5 rings (SSSR count). The lowest BCUT2D eigenvalue weighted by Gasteiger charge is -2.46. The molecule has 4 N–H and O–H groups in total. The summed E-state index contributed by atoms with van der Waals surface area (Å²) in [5, 5.41) is 23.5. The molecule has 3 unspecified atom stereocenters. The molecule has 1 amide bonds. The molecule has 13 atom stereocenters. The van der Waals surface area contributed by atoms with Crippen LogP contribution in [0.15, 0.2) is 30.5 Å². The van der Waals surface area contributed by atoms with E-state index in [-0.39, 0.29) is 37.2 Å². The van der Waals surface area contributed by atoms with E-state index in [0.717, 1.165) is 5.56 Å². The number of rotatable bonds is 8. The number of ketones is 1. The number of nitrogens with two attached hydrogens (primary N) is 1. The molecular weight excluding hydrogens is 759 g/mol. The largest absolute Gasteiger partial charge is 0.458 e. The number of aliphatic hydroxyl groups excluding tert-OH is 1. The number of carbonyl (C=O) groups excluding carboxylic acids is 3. The molecule has 2 aromatic rings. The molecule has 0 spiro atoms. The Morgan fingerprint density at radius 3 is 2.47 bits per heavy atom. The summed E-state index contributed by atoms with van der Waals surface area (Å²) in [6.07, 6.45) is -1.54. The lowest BCUT2D eigenvalue weighted by Crippen LogP contribution is -2.60. The van der Waals surface area contributed by atoms with Gasteiger partial charge in [0.15, 0.2) is 17.7 Å². The molecule has 59 heavy (non-hydrogen) atoms. The second-order valence-electron chi connectivity index (χ2n) is 17.3. The minimum Gasteiger partial charge on any atom is -0.458 e. The van der Waals surface area contributed by atoms with Gasteiger partial charge in [0.25, 0.3) is 0 Å². The maximum Gasteiger partial charge on any atom is 0.411 e. The van der Waals surface area contributed by atoms with Gasteiger partial charge in [-0.2, -0.15) is 0 Å². The highest BCUT2D eigenvalue weighted by Gasteiger charge is 2.58. The van der Waals surface area contributed by atoms with Crippen molar-refractivity contribution in [2.45, 2.75) is 141 Å². The normalized spacial score (nSPS) is 36.2. The summed E-state index contributed by atoms with van der Waals surface area (Å²) >= 11 is 0. The van der Waals surface area contributed by atoms with Crippen LogP contribution in [0.4, 0.5) is 10.5 Å². The van der Waals surface area contributed by atoms with E-state index in [1.54, 1.807) is 42.8 Å². The number of methoxy groups -OCH3 is 1. The summed E-state index contributed by atoms with van der Waals surface area (Å²) < 4.78 is 33.0. The second-order valence-corrected chi connectivity index (χ2v) is 17.3. The van der Waals surface area contributed by atoms with Crippen molar-refractivity contribution >= 4 is 23.5 Å². The summed E-state index contributed by atoms with van der Waals surface area (Å²) in [5.41, 5.74) is 5.70. The fourth-order valence-electron chi connectivity index (χ4n) is 9.08. The van der Waals surface area contributed by atoms with E-state index in [2.05, 4.69) is 34.4 Å². The summed E-state index contributed by atoms with van der Waals surface area (Å²) in [7, 11) is 5.37. The van der Waals surface area contributed by atoms with Crippen molar-refractivity contribution in [3.05, 3.63) is 30.5 Å². The number of Topliss-reactive ketones (excluding diaryl/α,β-unsaturated/α-hetero) is 1. The molecule has 0 bridgehead atoms. The Balaban J connectivity index is 1.41. The van der Waals surface area contributed by atoms with Gasteiger partial charge in [-0.1, -0.05) is 50.0 Å². The van der Waals surface area contributed by atoms with Crippen LogP contribution in [0.25, 0.3) is 11.3 Å². The predicted octanol–water partition coefficient (Wildman–Crippen LogP) is 3.51. The summed E-state index contributed by atoms with van der Waals surface area (Å²) in [4.78, 5) is 45.6. The Morgan fingerprint density at radius 2 is 1.81 bits per heavy atom. The van der Waals surface area contributed by atoms with Crippen LogP contribution in [0.1, 0.15) is 74.7 Å². The number of nitrogens with one attached hydrogen (secondary N) is 1. The maximum absolute atomic E-state index is 14.4. The summed E-state index contributed by atoms with van der Waals surface area (Å²) in [6.45, 7) is 15.5. The fraction of sp³-hybridized carbons (Fsp3) is 0.698. The zero-order valence-corrected chi connectivity index (χ0v) is 36.5. The third kappa shape index (κ3) is 10.1. The van der Waals surface area contributed by atoms with Gasteiger partial charge in [-0.15, -0.1) is 5.10 Å². The number of hydrogen-bond acceptors (Lipinski definition) is 14. The summed E-state index contributed by atoms with van der Waals surface area (Å²) in [5.74, 6) is 2.93. The Bertz CT molecular complexity index is 1850. The minimum absolute atomic E-state index is 0.0391. The van der Waals surface area contributed by atoms with Crippen molar-refractivity contribution in [3.63, 3.8) is 0 Å². The number of nitrogen functional groups attached to an aromatic ring is 1. The average molecular weight is 824 g/mol. The van der Waals surface area contributed by atoms with Gasteiger partial charge >= 0.3 is 12.1 Å². The molecule has 3 saturated heterocycles. The van der Waals surface area contributed by atoms with E-state index in [9.17, 15) is 19.5 Å². The Morgan fingerprint density at radius 1 is 1.10 bits per heavy atom. The highest BCUT2D eigenvalue weighted by Crippen LogP contribution is 2.40. The number of nitrogens with zero attached hydrogens (tertiary/aromatic N) is 5. The molecule has 3 aliphatic heterocycles. The number of aliphatic hydroxyl groups is 1. The highest BCUT2D eigenvalue weighted by atomic mass is 16.7.